The molecule has 3 aromatic heterocycles. The van der Waals surface area contributed by atoms with Gasteiger partial charge in [0.15, 0.2) is 23.1 Å². The van der Waals surface area contributed by atoms with E-state index in [0.29, 0.717) is 16.7 Å². The third-order valence-corrected chi connectivity index (χ3v) is 4.68. The maximum atomic E-state index is 12.2. The molecule has 4 aromatic rings. The van der Waals surface area contributed by atoms with Crippen molar-refractivity contribution in [3.8, 4) is 22.2 Å². The molecule has 134 valence electrons. The number of halogens is 1. The Labute approximate surface area is 165 Å². The highest BCUT2D eigenvalue weighted by atomic mass is 79.9. The van der Waals surface area contributed by atoms with Crippen LogP contribution in [-0.2, 0) is 11.3 Å². The third kappa shape index (κ3) is 4.07. The summed E-state index contributed by atoms with van der Waals surface area (Å²) in [7, 11) is 0. The van der Waals surface area contributed by atoms with E-state index in [9.17, 15) is 4.79 Å². The van der Waals surface area contributed by atoms with E-state index in [-0.39, 0.29) is 18.2 Å². The Balaban J connectivity index is 1.41. The first-order chi connectivity index (χ1) is 13.2. The second-order valence-corrected chi connectivity index (χ2v) is 6.98. The van der Waals surface area contributed by atoms with Crippen LogP contribution in [0.25, 0.3) is 22.2 Å². The van der Waals surface area contributed by atoms with Crippen LogP contribution in [0.3, 0.4) is 0 Å². The number of carbonyl (C=O) groups is 1. The monoisotopic (exact) mass is 443 g/mol. The van der Waals surface area contributed by atoms with Crippen molar-refractivity contribution in [3.63, 3.8) is 0 Å². The van der Waals surface area contributed by atoms with Gasteiger partial charge >= 0.3 is 5.97 Å². The van der Waals surface area contributed by atoms with E-state index in [1.807, 2.05) is 24.3 Å². The van der Waals surface area contributed by atoms with E-state index in [1.54, 1.807) is 23.8 Å². The molecular formula is C17H10BrN5O3S. The minimum atomic E-state index is -0.587. The third-order valence-electron chi connectivity index (χ3n) is 3.35. The number of aromatic nitrogens is 5. The summed E-state index contributed by atoms with van der Waals surface area (Å²) in [6.45, 7) is -0.144. The number of carbonyl (C=O) groups excluding carboxylic acids is 1. The Hall–Kier alpha value is -2.98. The number of hydrogen-bond donors (Lipinski definition) is 0. The zero-order valence-electron chi connectivity index (χ0n) is 13.6. The second kappa shape index (κ2) is 7.72. The fourth-order valence-corrected chi connectivity index (χ4v) is 3.27. The van der Waals surface area contributed by atoms with Crippen molar-refractivity contribution in [2.24, 2.45) is 0 Å². The van der Waals surface area contributed by atoms with E-state index in [1.165, 1.54) is 11.3 Å². The SMILES string of the molecule is O=C(OCc1nc(-c2cccc(Br)c2)no1)c1csc(-c2ncccn2)n1. The van der Waals surface area contributed by atoms with Crippen LogP contribution < -0.4 is 0 Å². The van der Waals surface area contributed by atoms with Crippen molar-refractivity contribution in [2.75, 3.05) is 0 Å². The molecule has 0 radical (unpaired) electrons. The molecule has 0 unspecified atom stereocenters. The first-order valence-corrected chi connectivity index (χ1v) is 9.35. The van der Waals surface area contributed by atoms with Gasteiger partial charge in [0.2, 0.25) is 5.82 Å². The van der Waals surface area contributed by atoms with Crippen molar-refractivity contribution in [3.05, 3.63) is 64.2 Å². The number of thiazole rings is 1. The van der Waals surface area contributed by atoms with Crippen LogP contribution in [0.4, 0.5) is 0 Å². The molecule has 0 atom stereocenters. The fraction of sp³-hybridized carbons (Fsp3) is 0.0588. The van der Waals surface area contributed by atoms with E-state index in [4.69, 9.17) is 9.26 Å². The van der Waals surface area contributed by atoms with Gasteiger partial charge in [-0.15, -0.1) is 11.3 Å². The smallest absolute Gasteiger partial charge is 0.358 e. The van der Waals surface area contributed by atoms with Crippen LogP contribution in [0.1, 0.15) is 16.4 Å². The van der Waals surface area contributed by atoms with Gasteiger partial charge in [-0.25, -0.2) is 19.7 Å². The van der Waals surface area contributed by atoms with Gasteiger partial charge in [0, 0.05) is 27.8 Å². The summed E-state index contributed by atoms with van der Waals surface area (Å²) in [6, 6.07) is 9.19. The first kappa shape index (κ1) is 17.4. The molecule has 0 aliphatic heterocycles. The largest absolute Gasteiger partial charge is 0.451 e. The molecule has 8 nitrogen and oxygen atoms in total. The topological polar surface area (TPSA) is 104 Å². The quantitative estimate of drug-likeness (QED) is 0.429. The van der Waals surface area contributed by atoms with E-state index in [0.717, 1.165) is 10.0 Å². The van der Waals surface area contributed by atoms with Crippen LogP contribution in [-0.4, -0.2) is 31.1 Å². The average molecular weight is 444 g/mol. The summed E-state index contributed by atoms with van der Waals surface area (Å²) in [5.74, 6) is 0.479. The fourth-order valence-electron chi connectivity index (χ4n) is 2.14. The van der Waals surface area contributed by atoms with Gasteiger partial charge in [-0.3, -0.25) is 0 Å². The number of rotatable bonds is 5. The Bertz CT molecular complexity index is 1080. The molecule has 0 aliphatic rings. The lowest BCUT2D eigenvalue weighted by atomic mass is 10.2. The maximum Gasteiger partial charge on any atom is 0.358 e. The number of esters is 1. The van der Waals surface area contributed by atoms with Gasteiger partial charge in [0.1, 0.15) is 0 Å². The molecule has 0 spiro atoms. The first-order valence-electron chi connectivity index (χ1n) is 7.67. The molecule has 0 bridgehead atoms. The van der Waals surface area contributed by atoms with Crippen LogP contribution in [0, 0.1) is 0 Å². The molecule has 0 saturated heterocycles. The predicted molar refractivity (Wildman–Crippen MR) is 99.7 cm³/mol. The zero-order chi connectivity index (χ0) is 18.6. The zero-order valence-corrected chi connectivity index (χ0v) is 16.0. The Kier molecular flexibility index (Phi) is 4.99. The highest BCUT2D eigenvalue weighted by Crippen LogP contribution is 2.22. The summed E-state index contributed by atoms with van der Waals surface area (Å²) >= 11 is 4.65. The van der Waals surface area contributed by atoms with Crippen LogP contribution in [0.5, 0.6) is 0 Å². The lowest BCUT2D eigenvalue weighted by Crippen LogP contribution is -2.06. The molecule has 4 rings (SSSR count). The van der Waals surface area contributed by atoms with Crippen LogP contribution in [0.2, 0.25) is 0 Å². The van der Waals surface area contributed by atoms with Crippen molar-refractivity contribution in [2.45, 2.75) is 6.61 Å². The minimum absolute atomic E-state index is 0.144. The van der Waals surface area contributed by atoms with Gasteiger partial charge in [-0.2, -0.15) is 4.98 Å². The van der Waals surface area contributed by atoms with E-state index >= 15 is 0 Å². The van der Waals surface area contributed by atoms with Crippen LogP contribution in [0.15, 0.2) is 57.1 Å². The number of ether oxygens (including phenoxy) is 1. The van der Waals surface area contributed by atoms with Crippen molar-refractivity contribution < 1.29 is 14.1 Å². The van der Waals surface area contributed by atoms with Gasteiger partial charge < -0.3 is 9.26 Å². The summed E-state index contributed by atoms with van der Waals surface area (Å²) in [5, 5.41) is 6.02. The standard InChI is InChI=1S/C17H10BrN5O3S/c18-11-4-1-3-10(7-11)14-22-13(26-23-14)8-25-17(24)12-9-27-16(21-12)15-19-5-2-6-20-15/h1-7,9H,8H2. The number of benzene rings is 1. The molecule has 10 heteroatoms. The molecule has 0 amide bonds. The molecule has 0 aliphatic carbocycles. The van der Waals surface area contributed by atoms with Crippen molar-refractivity contribution in [1.29, 1.82) is 0 Å². The van der Waals surface area contributed by atoms with Gasteiger partial charge in [-0.05, 0) is 18.2 Å². The van der Waals surface area contributed by atoms with E-state index < -0.39 is 5.97 Å². The normalized spacial score (nSPS) is 10.7. The van der Waals surface area contributed by atoms with Gasteiger partial charge in [0.05, 0.1) is 0 Å². The van der Waals surface area contributed by atoms with Crippen molar-refractivity contribution in [1.82, 2.24) is 25.1 Å². The van der Waals surface area contributed by atoms with Gasteiger partial charge in [0.25, 0.3) is 5.89 Å². The maximum absolute atomic E-state index is 12.2. The average Bonchev–Trinajstić information content (AvgIpc) is 3.37. The second-order valence-electron chi connectivity index (χ2n) is 5.21. The Morgan fingerprint density at radius 2 is 2.00 bits per heavy atom. The van der Waals surface area contributed by atoms with Crippen molar-refractivity contribution >= 4 is 33.2 Å². The summed E-state index contributed by atoms with van der Waals surface area (Å²) < 4.78 is 11.2. The molecular weight excluding hydrogens is 434 g/mol. The van der Waals surface area contributed by atoms with Crippen LogP contribution >= 0.6 is 27.3 Å². The molecule has 0 fully saturated rings. The highest BCUT2D eigenvalue weighted by Gasteiger charge is 2.16. The highest BCUT2D eigenvalue weighted by molar-refractivity contribution is 9.10. The number of nitrogens with zero attached hydrogens (tertiary/aromatic N) is 5. The minimum Gasteiger partial charge on any atom is -0.451 e. The Morgan fingerprint density at radius 3 is 2.81 bits per heavy atom. The molecule has 3 heterocycles. The molecule has 27 heavy (non-hydrogen) atoms. The Morgan fingerprint density at radius 1 is 1.15 bits per heavy atom. The summed E-state index contributed by atoms with van der Waals surface area (Å²) in [4.78, 5) is 28.8. The molecule has 0 saturated carbocycles. The molecule has 0 N–H and O–H groups in total. The van der Waals surface area contributed by atoms with Gasteiger partial charge in [-0.1, -0.05) is 33.2 Å². The summed E-state index contributed by atoms with van der Waals surface area (Å²) in [6.07, 6.45) is 3.22. The molecule has 1 aromatic carbocycles. The predicted octanol–water partition coefficient (Wildman–Crippen LogP) is 3.77. The lowest BCUT2D eigenvalue weighted by molar-refractivity contribution is 0.0424. The lowest BCUT2D eigenvalue weighted by Gasteiger charge is -1.98. The number of hydrogen-bond acceptors (Lipinski definition) is 9. The van der Waals surface area contributed by atoms with E-state index in [2.05, 4.69) is 41.0 Å². The summed E-state index contributed by atoms with van der Waals surface area (Å²) in [5.41, 5.74) is 0.965.